The predicted octanol–water partition coefficient (Wildman–Crippen LogP) is 4.69. The third-order valence-corrected chi connectivity index (χ3v) is 4.88. The standard InChI is InChI=1S/C15H21Cl2N/c1-10-5-7-11(8-6-10)15(18)9-12-13(16)3-2-4-14(12)17/h2-4,10-11,15H,5-9,18H2,1H3. The molecule has 1 atom stereocenters. The van der Waals surface area contributed by atoms with Crippen LogP contribution in [-0.2, 0) is 6.42 Å². The van der Waals surface area contributed by atoms with Gasteiger partial charge in [0.15, 0.2) is 0 Å². The Balaban J connectivity index is 2.00. The summed E-state index contributed by atoms with van der Waals surface area (Å²) in [5.41, 5.74) is 7.35. The van der Waals surface area contributed by atoms with Gasteiger partial charge in [-0.3, -0.25) is 0 Å². The Kier molecular flexibility index (Phi) is 4.94. The number of hydrogen-bond donors (Lipinski definition) is 1. The first kappa shape index (κ1) is 14.2. The molecule has 0 saturated heterocycles. The quantitative estimate of drug-likeness (QED) is 0.857. The van der Waals surface area contributed by atoms with E-state index in [0.717, 1.165) is 27.9 Å². The fraction of sp³-hybridized carbons (Fsp3) is 0.600. The second kappa shape index (κ2) is 6.27. The van der Waals surface area contributed by atoms with Gasteiger partial charge < -0.3 is 5.73 Å². The molecule has 1 fully saturated rings. The molecule has 1 aliphatic rings. The summed E-state index contributed by atoms with van der Waals surface area (Å²) in [7, 11) is 0. The van der Waals surface area contributed by atoms with Gasteiger partial charge in [0.25, 0.3) is 0 Å². The van der Waals surface area contributed by atoms with Crippen molar-refractivity contribution in [2.24, 2.45) is 17.6 Å². The molecular formula is C15H21Cl2N. The Morgan fingerprint density at radius 1 is 1.17 bits per heavy atom. The zero-order valence-corrected chi connectivity index (χ0v) is 12.3. The zero-order chi connectivity index (χ0) is 13.1. The highest BCUT2D eigenvalue weighted by Crippen LogP contribution is 2.33. The van der Waals surface area contributed by atoms with Crippen LogP contribution in [0.15, 0.2) is 18.2 Å². The lowest BCUT2D eigenvalue weighted by molar-refractivity contribution is 0.253. The Morgan fingerprint density at radius 3 is 2.28 bits per heavy atom. The molecule has 100 valence electrons. The van der Waals surface area contributed by atoms with Gasteiger partial charge in [-0.2, -0.15) is 0 Å². The molecule has 18 heavy (non-hydrogen) atoms. The molecule has 0 spiro atoms. The first-order chi connectivity index (χ1) is 8.58. The summed E-state index contributed by atoms with van der Waals surface area (Å²) in [4.78, 5) is 0. The van der Waals surface area contributed by atoms with E-state index in [1.807, 2.05) is 18.2 Å². The van der Waals surface area contributed by atoms with Gasteiger partial charge in [0.2, 0.25) is 0 Å². The molecule has 0 bridgehead atoms. The zero-order valence-electron chi connectivity index (χ0n) is 10.8. The molecule has 2 N–H and O–H groups in total. The van der Waals surface area contributed by atoms with Crippen LogP contribution in [-0.4, -0.2) is 6.04 Å². The Hall–Kier alpha value is -0.240. The van der Waals surface area contributed by atoms with E-state index in [1.54, 1.807) is 0 Å². The van der Waals surface area contributed by atoms with E-state index in [-0.39, 0.29) is 6.04 Å². The Bertz CT molecular complexity index is 377. The van der Waals surface area contributed by atoms with Crippen LogP contribution in [0.3, 0.4) is 0 Å². The third kappa shape index (κ3) is 3.40. The van der Waals surface area contributed by atoms with Crippen molar-refractivity contribution >= 4 is 23.2 Å². The molecule has 0 aromatic heterocycles. The molecule has 0 radical (unpaired) electrons. The summed E-state index contributed by atoms with van der Waals surface area (Å²) in [6, 6.07) is 5.83. The smallest absolute Gasteiger partial charge is 0.0453 e. The van der Waals surface area contributed by atoms with Crippen LogP contribution in [0.25, 0.3) is 0 Å². The molecule has 1 aromatic carbocycles. The lowest BCUT2D eigenvalue weighted by Gasteiger charge is -2.31. The predicted molar refractivity (Wildman–Crippen MR) is 79.3 cm³/mol. The summed E-state index contributed by atoms with van der Waals surface area (Å²) in [5, 5.41) is 1.48. The fourth-order valence-corrected chi connectivity index (χ4v) is 3.40. The van der Waals surface area contributed by atoms with Gasteiger partial charge in [0.05, 0.1) is 0 Å². The van der Waals surface area contributed by atoms with Gasteiger partial charge in [-0.25, -0.2) is 0 Å². The number of nitrogens with two attached hydrogens (primary N) is 1. The summed E-state index contributed by atoms with van der Waals surface area (Å²) in [6.07, 6.45) is 5.87. The molecule has 1 saturated carbocycles. The molecule has 0 heterocycles. The molecule has 1 unspecified atom stereocenters. The Labute approximate surface area is 120 Å². The van der Waals surface area contributed by atoms with E-state index in [9.17, 15) is 0 Å². The van der Waals surface area contributed by atoms with Crippen LogP contribution in [0.2, 0.25) is 10.0 Å². The van der Waals surface area contributed by atoms with Gasteiger partial charge >= 0.3 is 0 Å². The van der Waals surface area contributed by atoms with Crippen molar-refractivity contribution < 1.29 is 0 Å². The largest absolute Gasteiger partial charge is 0.327 e. The number of rotatable bonds is 3. The van der Waals surface area contributed by atoms with Gasteiger partial charge in [0, 0.05) is 16.1 Å². The van der Waals surface area contributed by atoms with Crippen LogP contribution >= 0.6 is 23.2 Å². The second-order valence-corrected chi connectivity index (χ2v) is 6.40. The van der Waals surface area contributed by atoms with Gasteiger partial charge in [-0.15, -0.1) is 0 Å². The van der Waals surface area contributed by atoms with Crippen LogP contribution < -0.4 is 5.73 Å². The second-order valence-electron chi connectivity index (χ2n) is 5.59. The van der Waals surface area contributed by atoms with E-state index < -0.39 is 0 Å². The minimum absolute atomic E-state index is 0.176. The van der Waals surface area contributed by atoms with Crippen LogP contribution in [0.4, 0.5) is 0 Å². The number of benzene rings is 1. The lowest BCUT2D eigenvalue weighted by Crippen LogP contribution is -2.34. The topological polar surface area (TPSA) is 26.0 Å². The van der Waals surface area contributed by atoms with E-state index in [4.69, 9.17) is 28.9 Å². The van der Waals surface area contributed by atoms with E-state index in [1.165, 1.54) is 25.7 Å². The molecule has 1 aromatic rings. The lowest BCUT2D eigenvalue weighted by atomic mass is 9.78. The van der Waals surface area contributed by atoms with Crippen molar-refractivity contribution in [3.8, 4) is 0 Å². The van der Waals surface area contributed by atoms with Crippen molar-refractivity contribution in [2.75, 3.05) is 0 Å². The summed E-state index contributed by atoms with van der Waals surface area (Å²) >= 11 is 12.4. The number of hydrogen-bond acceptors (Lipinski definition) is 1. The normalized spacial score (nSPS) is 26.0. The fourth-order valence-electron chi connectivity index (χ4n) is 2.84. The van der Waals surface area contributed by atoms with Crippen molar-refractivity contribution in [2.45, 2.75) is 45.1 Å². The van der Waals surface area contributed by atoms with Crippen molar-refractivity contribution in [1.82, 2.24) is 0 Å². The van der Waals surface area contributed by atoms with E-state index in [2.05, 4.69) is 6.92 Å². The summed E-state index contributed by atoms with van der Waals surface area (Å²) in [6.45, 7) is 2.33. The highest BCUT2D eigenvalue weighted by atomic mass is 35.5. The first-order valence-electron chi connectivity index (χ1n) is 6.76. The summed E-state index contributed by atoms with van der Waals surface area (Å²) in [5.74, 6) is 1.48. The maximum absolute atomic E-state index is 6.35. The molecule has 1 nitrogen and oxygen atoms in total. The highest BCUT2D eigenvalue weighted by Gasteiger charge is 2.24. The SMILES string of the molecule is CC1CCC(C(N)Cc2c(Cl)cccc2Cl)CC1. The van der Waals surface area contributed by atoms with E-state index in [0.29, 0.717) is 5.92 Å². The van der Waals surface area contributed by atoms with Crippen molar-refractivity contribution in [3.63, 3.8) is 0 Å². The molecule has 0 aliphatic heterocycles. The number of halogens is 2. The summed E-state index contributed by atoms with van der Waals surface area (Å²) < 4.78 is 0. The van der Waals surface area contributed by atoms with Crippen LogP contribution in [0, 0.1) is 11.8 Å². The van der Waals surface area contributed by atoms with E-state index >= 15 is 0 Å². The van der Waals surface area contributed by atoms with Gasteiger partial charge in [-0.05, 0) is 48.8 Å². The van der Waals surface area contributed by atoms with Crippen molar-refractivity contribution in [3.05, 3.63) is 33.8 Å². The molecule has 3 heteroatoms. The molecule has 2 rings (SSSR count). The molecule has 0 amide bonds. The first-order valence-corrected chi connectivity index (χ1v) is 7.52. The minimum Gasteiger partial charge on any atom is -0.327 e. The average molecular weight is 286 g/mol. The van der Waals surface area contributed by atoms with Crippen LogP contribution in [0.1, 0.15) is 38.2 Å². The minimum atomic E-state index is 0.176. The maximum Gasteiger partial charge on any atom is 0.0453 e. The maximum atomic E-state index is 6.35. The molecular weight excluding hydrogens is 265 g/mol. The van der Waals surface area contributed by atoms with Crippen LogP contribution in [0.5, 0.6) is 0 Å². The van der Waals surface area contributed by atoms with Crippen molar-refractivity contribution in [1.29, 1.82) is 0 Å². The Morgan fingerprint density at radius 2 is 1.72 bits per heavy atom. The highest BCUT2D eigenvalue weighted by molar-refractivity contribution is 6.35. The molecule has 1 aliphatic carbocycles. The third-order valence-electron chi connectivity index (χ3n) is 4.17. The average Bonchev–Trinajstić information content (AvgIpc) is 2.34. The monoisotopic (exact) mass is 285 g/mol. The van der Waals surface area contributed by atoms with Gasteiger partial charge in [0.1, 0.15) is 0 Å². The van der Waals surface area contributed by atoms with Gasteiger partial charge in [-0.1, -0.05) is 49.0 Å².